The summed E-state index contributed by atoms with van der Waals surface area (Å²) in [6.45, 7) is 4.34. The molecule has 2 N–H and O–H groups in total. The molecule has 136 valence electrons. The largest absolute Gasteiger partial charge is 0.497 e. The molecule has 2 heterocycles. The Bertz CT molecular complexity index is 990. The Balaban J connectivity index is 1.58. The van der Waals surface area contributed by atoms with E-state index in [1.807, 2.05) is 38.1 Å². The van der Waals surface area contributed by atoms with Gasteiger partial charge in [0.1, 0.15) is 16.4 Å². The van der Waals surface area contributed by atoms with Gasteiger partial charge in [0.05, 0.1) is 18.9 Å². The number of carbonyl (C=O) groups excluding carboxylic acids is 1. The van der Waals surface area contributed by atoms with Crippen molar-refractivity contribution in [1.29, 1.82) is 0 Å². The fourth-order valence-electron chi connectivity index (χ4n) is 2.73. The van der Waals surface area contributed by atoms with E-state index in [1.54, 1.807) is 7.11 Å². The van der Waals surface area contributed by atoms with Crippen molar-refractivity contribution < 1.29 is 9.53 Å². The highest BCUT2D eigenvalue weighted by Gasteiger charge is 2.12. The van der Waals surface area contributed by atoms with Crippen LogP contribution < -0.4 is 15.6 Å². The smallest absolute Gasteiger partial charge is 0.259 e. The van der Waals surface area contributed by atoms with Gasteiger partial charge in [0, 0.05) is 17.8 Å². The normalized spacial score (nSPS) is 10.9. The second-order valence-electron chi connectivity index (χ2n) is 6.10. The molecule has 0 radical (unpaired) electrons. The van der Waals surface area contributed by atoms with Crippen molar-refractivity contribution in [1.82, 2.24) is 15.3 Å². The molecule has 1 amide bonds. The van der Waals surface area contributed by atoms with Gasteiger partial charge in [0.25, 0.3) is 5.56 Å². The molecule has 0 atom stereocenters. The number of ether oxygens (including phenoxy) is 1. The van der Waals surface area contributed by atoms with Gasteiger partial charge in [-0.15, -0.1) is 11.3 Å². The summed E-state index contributed by atoms with van der Waals surface area (Å²) in [6.07, 6.45) is 0.784. The lowest BCUT2D eigenvalue weighted by atomic mass is 10.1. The van der Waals surface area contributed by atoms with Crippen molar-refractivity contribution >= 4 is 27.5 Å². The number of benzene rings is 1. The summed E-state index contributed by atoms with van der Waals surface area (Å²) in [5, 5.41) is 3.53. The minimum absolute atomic E-state index is 0.0681. The number of nitrogens with zero attached hydrogens (tertiary/aromatic N) is 1. The number of hydrogen-bond donors (Lipinski definition) is 2. The quantitative estimate of drug-likeness (QED) is 0.697. The Labute approximate surface area is 155 Å². The molecule has 0 saturated carbocycles. The lowest BCUT2D eigenvalue weighted by molar-refractivity contribution is -0.120. The molecule has 0 aliphatic carbocycles. The maximum absolute atomic E-state index is 12.2. The molecule has 0 spiro atoms. The van der Waals surface area contributed by atoms with E-state index in [0.29, 0.717) is 30.6 Å². The molecule has 0 unspecified atom stereocenters. The second-order valence-corrected chi connectivity index (χ2v) is 7.30. The summed E-state index contributed by atoms with van der Waals surface area (Å²) in [7, 11) is 1.61. The molecular formula is C19H21N3O3S. The molecule has 0 saturated heterocycles. The standard InChI is InChI=1S/C19H21N3O3S/c1-11-12(2)26-19-17(11)18(24)21-15(22-19)8-9-20-16(23)10-13-4-6-14(25-3)7-5-13/h4-7H,8-10H2,1-3H3,(H,20,23)(H,21,22,24). The molecule has 0 aliphatic rings. The molecule has 0 fully saturated rings. The first-order chi connectivity index (χ1) is 12.5. The highest BCUT2D eigenvalue weighted by molar-refractivity contribution is 7.18. The number of methoxy groups -OCH3 is 1. The van der Waals surface area contributed by atoms with Gasteiger partial charge in [-0.2, -0.15) is 0 Å². The SMILES string of the molecule is COc1ccc(CC(=O)NCCc2nc3sc(C)c(C)c3c(=O)[nH]2)cc1. The number of rotatable bonds is 6. The van der Waals surface area contributed by atoms with E-state index >= 15 is 0 Å². The number of carbonyl (C=O) groups is 1. The van der Waals surface area contributed by atoms with Crippen molar-refractivity contribution in [2.24, 2.45) is 0 Å². The van der Waals surface area contributed by atoms with Gasteiger partial charge in [-0.05, 0) is 37.1 Å². The third-order valence-electron chi connectivity index (χ3n) is 4.30. The Morgan fingerprint density at radius 3 is 2.69 bits per heavy atom. The third-order valence-corrected chi connectivity index (χ3v) is 5.40. The lowest BCUT2D eigenvalue weighted by Gasteiger charge is -2.06. The van der Waals surface area contributed by atoms with Crippen LogP contribution in [0.5, 0.6) is 5.75 Å². The zero-order valence-corrected chi connectivity index (χ0v) is 15.8. The fourth-order valence-corrected chi connectivity index (χ4v) is 3.78. The van der Waals surface area contributed by atoms with Crippen LogP contribution in [-0.4, -0.2) is 29.5 Å². The van der Waals surface area contributed by atoms with Gasteiger partial charge in [0.2, 0.25) is 5.91 Å². The average molecular weight is 371 g/mol. The Morgan fingerprint density at radius 1 is 1.27 bits per heavy atom. The van der Waals surface area contributed by atoms with Crippen molar-refractivity contribution in [3.8, 4) is 5.75 Å². The van der Waals surface area contributed by atoms with E-state index in [0.717, 1.165) is 26.6 Å². The zero-order valence-electron chi connectivity index (χ0n) is 15.0. The van der Waals surface area contributed by atoms with Crippen LogP contribution in [0, 0.1) is 13.8 Å². The number of fused-ring (bicyclic) bond motifs is 1. The summed E-state index contributed by atoms with van der Waals surface area (Å²) in [5.74, 6) is 1.29. The van der Waals surface area contributed by atoms with Crippen LogP contribution in [0.3, 0.4) is 0 Å². The molecule has 26 heavy (non-hydrogen) atoms. The number of H-pyrrole nitrogens is 1. The number of hydrogen-bond acceptors (Lipinski definition) is 5. The number of aromatic amines is 1. The molecular weight excluding hydrogens is 350 g/mol. The van der Waals surface area contributed by atoms with Crippen LogP contribution in [0.1, 0.15) is 21.8 Å². The maximum Gasteiger partial charge on any atom is 0.259 e. The molecule has 3 aromatic rings. The van der Waals surface area contributed by atoms with Gasteiger partial charge in [0.15, 0.2) is 0 Å². The molecule has 3 rings (SSSR count). The predicted molar refractivity (Wildman–Crippen MR) is 103 cm³/mol. The first-order valence-electron chi connectivity index (χ1n) is 8.36. The van der Waals surface area contributed by atoms with Gasteiger partial charge in [-0.3, -0.25) is 9.59 Å². The topological polar surface area (TPSA) is 84.1 Å². The third kappa shape index (κ3) is 3.94. The van der Waals surface area contributed by atoms with Crippen molar-refractivity contribution in [2.75, 3.05) is 13.7 Å². The Hall–Kier alpha value is -2.67. The highest BCUT2D eigenvalue weighted by atomic mass is 32.1. The van der Waals surface area contributed by atoms with Crippen molar-refractivity contribution in [2.45, 2.75) is 26.7 Å². The van der Waals surface area contributed by atoms with Gasteiger partial charge >= 0.3 is 0 Å². The summed E-state index contributed by atoms with van der Waals surface area (Å²) in [6, 6.07) is 7.40. The zero-order chi connectivity index (χ0) is 18.7. The summed E-state index contributed by atoms with van der Waals surface area (Å²) >= 11 is 1.52. The number of aryl methyl sites for hydroxylation is 2. The second kappa shape index (κ2) is 7.70. The van der Waals surface area contributed by atoms with E-state index in [1.165, 1.54) is 11.3 Å². The summed E-state index contributed by atoms with van der Waals surface area (Å²) in [5.41, 5.74) is 1.79. The van der Waals surface area contributed by atoms with E-state index in [4.69, 9.17) is 4.74 Å². The summed E-state index contributed by atoms with van der Waals surface area (Å²) < 4.78 is 5.10. The van der Waals surface area contributed by atoms with E-state index in [9.17, 15) is 9.59 Å². The molecule has 7 heteroatoms. The average Bonchev–Trinajstić information content (AvgIpc) is 2.90. The minimum Gasteiger partial charge on any atom is -0.497 e. The van der Waals surface area contributed by atoms with Crippen LogP contribution in [-0.2, 0) is 17.6 Å². The number of nitrogens with one attached hydrogen (secondary N) is 2. The fraction of sp³-hybridized carbons (Fsp3) is 0.316. The van der Waals surface area contributed by atoms with Crippen LogP contribution in [0.15, 0.2) is 29.1 Å². The van der Waals surface area contributed by atoms with Gasteiger partial charge < -0.3 is 15.0 Å². The predicted octanol–water partition coefficient (Wildman–Crippen LogP) is 2.51. The molecule has 6 nitrogen and oxygen atoms in total. The monoisotopic (exact) mass is 371 g/mol. The molecule has 0 bridgehead atoms. The highest BCUT2D eigenvalue weighted by Crippen LogP contribution is 2.25. The number of amides is 1. The van der Waals surface area contributed by atoms with Crippen LogP contribution in [0.4, 0.5) is 0 Å². The van der Waals surface area contributed by atoms with Gasteiger partial charge in [-0.1, -0.05) is 12.1 Å². The van der Waals surface area contributed by atoms with Crippen LogP contribution in [0.2, 0.25) is 0 Å². The number of thiophene rings is 1. The molecule has 1 aromatic carbocycles. The van der Waals surface area contributed by atoms with Gasteiger partial charge in [-0.25, -0.2) is 4.98 Å². The van der Waals surface area contributed by atoms with Crippen molar-refractivity contribution in [3.63, 3.8) is 0 Å². The van der Waals surface area contributed by atoms with E-state index in [-0.39, 0.29) is 11.5 Å². The van der Waals surface area contributed by atoms with E-state index in [2.05, 4.69) is 15.3 Å². The molecule has 0 aliphatic heterocycles. The molecule has 2 aromatic heterocycles. The minimum atomic E-state index is -0.114. The van der Waals surface area contributed by atoms with E-state index < -0.39 is 0 Å². The van der Waals surface area contributed by atoms with Crippen LogP contribution in [0.25, 0.3) is 10.2 Å². The number of aromatic nitrogens is 2. The first-order valence-corrected chi connectivity index (χ1v) is 9.18. The van der Waals surface area contributed by atoms with Crippen molar-refractivity contribution in [3.05, 3.63) is 56.4 Å². The maximum atomic E-state index is 12.2. The van der Waals surface area contributed by atoms with Crippen LogP contribution >= 0.6 is 11.3 Å². The summed E-state index contributed by atoms with van der Waals surface area (Å²) in [4.78, 5) is 33.5. The first kappa shape index (κ1) is 18.1. The Kier molecular flexibility index (Phi) is 5.37. The Morgan fingerprint density at radius 2 is 2.00 bits per heavy atom. The lowest BCUT2D eigenvalue weighted by Crippen LogP contribution is -2.28.